The fourth-order valence-corrected chi connectivity index (χ4v) is 2.23. The van der Waals surface area contributed by atoms with Crippen LogP contribution < -0.4 is 5.14 Å². The lowest BCUT2D eigenvalue weighted by molar-refractivity contribution is 0.0532. The molecule has 118 valence electrons. The molecule has 0 aromatic heterocycles. The molecule has 1 rings (SSSR count). The zero-order valence-electron chi connectivity index (χ0n) is 12.2. The molecule has 1 amide bonds. The maximum absolute atomic E-state index is 13.4. The van der Waals surface area contributed by atoms with Crippen LogP contribution in [-0.2, 0) is 14.8 Å². The Kier molecular flexibility index (Phi) is 5.82. The molecule has 1 aromatic rings. The van der Waals surface area contributed by atoms with E-state index < -0.39 is 26.6 Å². The number of hydrogen-bond acceptors (Lipinski definition) is 4. The highest BCUT2D eigenvalue weighted by Crippen LogP contribution is 2.16. The predicted octanol–water partition coefficient (Wildman–Crippen LogP) is 0.970. The summed E-state index contributed by atoms with van der Waals surface area (Å²) in [5.41, 5.74) is 0.0486. The van der Waals surface area contributed by atoms with E-state index in [9.17, 15) is 17.6 Å². The zero-order valence-corrected chi connectivity index (χ0v) is 13.0. The summed E-state index contributed by atoms with van der Waals surface area (Å²) in [7, 11) is -2.67. The summed E-state index contributed by atoms with van der Waals surface area (Å²) in [4.78, 5) is 12.8. The Morgan fingerprint density at radius 3 is 2.57 bits per heavy atom. The van der Waals surface area contributed by atoms with Gasteiger partial charge in [-0.1, -0.05) is 0 Å². The monoisotopic (exact) mass is 318 g/mol. The van der Waals surface area contributed by atoms with E-state index in [2.05, 4.69) is 0 Å². The second-order valence-corrected chi connectivity index (χ2v) is 6.37. The summed E-state index contributed by atoms with van der Waals surface area (Å²) in [6.07, 6.45) is 0.0494. The first-order chi connectivity index (χ1) is 9.62. The molecule has 0 aliphatic rings. The van der Waals surface area contributed by atoms with Crippen LogP contribution in [0.2, 0.25) is 0 Å². The Balaban J connectivity index is 2.88. The highest BCUT2D eigenvalue weighted by molar-refractivity contribution is 7.89. The lowest BCUT2D eigenvalue weighted by Crippen LogP contribution is -2.31. The van der Waals surface area contributed by atoms with Crippen LogP contribution in [0.1, 0.15) is 24.2 Å². The van der Waals surface area contributed by atoms with Gasteiger partial charge in [0, 0.05) is 19.2 Å². The van der Waals surface area contributed by atoms with Crippen molar-refractivity contribution in [3.8, 4) is 0 Å². The van der Waals surface area contributed by atoms with Crippen molar-refractivity contribution in [3.63, 3.8) is 0 Å². The average Bonchev–Trinajstić information content (AvgIpc) is 2.36. The van der Waals surface area contributed by atoms with Crippen LogP contribution in [0.15, 0.2) is 23.1 Å². The van der Waals surface area contributed by atoms with E-state index in [0.29, 0.717) is 13.2 Å². The van der Waals surface area contributed by atoms with Crippen LogP contribution in [0, 0.1) is 5.82 Å². The molecule has 0 heterocycles. The van der Waals surface area contributed by atoms with Crippen molar-refractivity contribution in [2.45, 2.75) is 24.8 Å². The van der Waals surface area contributed by atoms with Gasteiger partial charge in [0.1, 0.15) is 10.7 Å². The van der Waals surface area contributed by atoms with Gasteiger partial charge in [0.05, 0.1) is 12.7 Å². The molecule has 0 radical (unpaired) electrons. The number of primary sulfonamides is 1. The van der Waals surface area contributed by atoms with Crippen molar-refractivity contribution in [1.82, 2.24) is 4.90 Å². The van der Waals surface area contributed by atoms with Crippen LogP contribution in [0.5, 0.6) is 0 Å². The number of carbonyl (C=O) groups excluding carboxylic acids is 1. The van der Waals surface area contributed by atoms with E-state index >= 15 is 0 Å². The number of ether oxygens (including phenoxy) is 1. The normalized spacial score (nSPS) is 11.7. The third-order valence-corrected chi connectivity index (χ3v) is 3.64. The summed E-state index contributed by atoms with van der Waals surface area (Å²) in [5, 5.41) is 4.90. The van der Waals surface area contributed by atoms with Crippen LogP contribution >= 0.6 is 0 Å². The quantitative estimate of drug-likeness (QED) is 0.846. The molecule has 2 N–H and O–H groups in total. The second-order valence-electron chi connectivity index (χ2n) is 4.84. The number of hydrogen-bond donors (Lipinski definition) is 1. The molecule has 6 nitrogen and oxygen atoms in total. The molecule has 0 bridgehead atoms. The molecule has 0 fully saturated rings. The first kappa shape index (κ1) is 17.5. The standard InChI is InChI=1S/C13H19FN2O4S/c1-9(2)20-7-6-16(3)13(17)10-4-5-11(14)12(8-10)21(15,18)19/h4-5,8-9H,6-7H2,1-3H3,(H2,15,18,19). The number of nitrogens with two attached hydrogens (primary N) is 1. The van der Waals surface area contributed by atoms with Crippen LogP contribution in [0.3, 0.4) is 0 Å². The van der Waals surface area contributed by atoms with Crippen molar-refractivity contribution in [1.29, 1.82) is 0 Å². The second kappa shape index (κ2) is 6.97. The van der Waals surface area contributed by atoms with Gasteiger partial charge >= 0.3 is 0 Å². The fraction of sp³-hybridized carbons (Fsp3) is 0.462. The summed E-state index contributed by atoms with van der Waals surface area (Å²) in [6, 6.07) is 3.06. The molecule has 1 aromatic carbocycles. The van der Waals surface area contributed by atoms with Gasteiger partial charge in [-0.3, -0.25) is 4.79 Å². The van der Waals surface area contributed by atoms with Crippen molar-refractivity contribution < 1.29 is 22.3 Å². The molecule has 8 heteroatoms. The minimum absolute atomic E-state index is 0.0486. The van der Waals surface area contributed by atoms with Crippen molar-refractivity contribution in [2.24, 2.45) is 5.14 Å². The first-order valence-electron chi connectivity index (χ1n) is 6.32. The summed E-state index contributed by atoms with van der Waals surface area (Å²) in [6.45, 7) is 4.43. The Morgan fingerprint density at radius 1 is 1.43 bits per heavy atom. The van der Waals surface area contributed by atoms with Gasteiger partial charge < -0.3 is 9.64 Å². The van der Waals surface area contributed by atoms with E-state index in [0.717, 1.165) is 12.1 Å². The van der Waals surface area contributed by atoms with E-state index in [1.54, 1.807) is 7.05 Å². The van der Waals surface area contributed by atoms with Gasteiger partial charge in [0.2, 0.25) is 10.0 Å². The molecule has 0 saturated carbocycles. The molecule has 21 heavy (non-hydrogen) atoms. The topological polar surface area (TPSA) is 89.7 Å². The third kappa shape index (κ3) is 5.07. The number of carbonyl (C=O) groups is 1. The van der Waals surface area contributed by atoms with E-state index in [1.165, 1.54) is 11.0 Å². The summed E-state index contributed by atoms with van der Waals surface area (Å²) >= 11 is 0. The Bertz CT molecular complexity index is 617. The smallest absolute Gasteiger partial charge is 0.253 e. The molecule has 0 atom stereocenters. The highest BCUT2D eigenvalue weighted by atomic mass is 32.2. The maximum atomic E-state index is 13.4. The Hall–Kier alpha value is -1.51. The van der Waals surface area contributed by atoms with Crippen molar-refractivity contribution in [3.05, 3.63) is 29.6 Å². The highest BCUT2D eigenvalue weighted by Gasteiger charge is 2.19. The minimum atomic E-state index is -4.21. The average molecular weight is 318 g/mol. The largest absolute Gasteiger partial charge is 0.377 e. The molecule has 0 unspecified atom stereocenters. The minimum Gasteiger partial charge on any atom is -0.377 e. The number of halogens is 1. The maximum Gasteiger partial charge on any atom is 0.253 e. The molecule has 0 aliphatic heterocycles. The van der Waals surface area contributed by atoms with Crippen LogP contribution in [-0.4, -0.2) is 45.5 Å². The number of likely N-dealkylation sites (N-methyl/N-ethyl adjacent to an activating group) is 1. The van der Waals surface area contributed by atoms with E-state index in [1.807, 2.05) is 13.8 Å². The Labute approximate surface area is 123 Å². The first-order valence-corrected chi connectivity index (χ1v) is 7.87. The van der Waals surface area contributed by atoms with Crippen LogP contribution in [0.25, 0.3) is 0 Å². The summed E-state index contributed by atoms with van der Waals surface area (Å²) < 4.78 is 41.2. The molecular weight excluding hydrogens is 299 g/mol. The fourth-order valence-electron chi connectivity index (χ4n) is 1.60. The number of sulfonamides is 1. The number of rotatable bonds is 6. The van der Waals surface area contributed by atoms with E-state index in [4.69, 9.17) is 9.88 Å². The molecule has 0 aliphatic carbocycles. The number of amides is 1. The van der Waals surface area contributed by atoms with Gasteiger partial charge in [-0.05, 0) is 32.0 Å². The van der Waals surface area contributed by atoms with Crippen molar-refractivity contribution in [2.75, 3.05) is 20.2 Å². The van der Waals surface area contributed by atoms with Gasteiger partial charge in [-0.15, -0.1) is 0 Å². The number of nitrogens with zero attached hydrogens (tertiary/aromatic N) is 1. The summed E-state index contributed by atoms with van der Waals surface area (Å²) in [5.74, 6) is -1.42. The van der Waals surface area contributed by atoms with Gasteiger partial charge in [0.15, 0.2) is 0 Å². The zero-order chi connectivity index (χ0) is 16.2. The molecular formula is C13H19FN2O4S. The van der Waals surface area contributed by atoms with Gasteiger partial charge in [0.25, 0.3) is 5.91 Å². The van der Waals surface area contributed by atoms with Crippen molar-refractivity contribution >= 4 is 15.9 Å². The van der Waals surface area contributed by atoms with Gasteiger partial charge in [-0.2, -0.15) is 0 Å². The van der Waals surface area contributed by atoms with Crippen LogP contribution in [0.4, 0.5) is 4.39 Å². The molecule has 0 spiro atoms. The third-order valence-electron chi connectivity index (χ3n) is 2.71. The predicted molar refractivity (Wildman–Crippen MR) is 75.8 cm³/mol. The number of benzene rings is 1. The lowest BCUT2D eigenvalue weighted by Gasteiger charge is -2.18. The molecule has 0 saturated heterocycles. The van der Waals surface area contributed by atoms with Gasteiger partial charge in [-0.25, -0.2) is 17.9 Å². The Morgan fingerprint density at radius 2 is 2.05 bits per heavy atom. The SMILES string of the molecule is CC(C)OCCN(C)C(=O)c1ccc(F)c(S(N)(=O)=O)c1. The van der Waals surface area contributed by atoms with E-state index in [-0.39, 0.29) is 11.7 Å². The lowest BCUT2D eigenvalue weighted by atomic mass is 10.2.